The summed E-state index contributed by atoms with van der Waals surface area (Å²) in [5, 5.41) is 9.16. The van der Waals surface area contributed by atoms with Gasteiger partial charge in [-0.05, 0) is 25.8 Å². The number of aryl methyl sites for hydroxylation is 1. The highest BCUT2D eigenvalue weighted by molar-refractivity contribution is 5.95. The molecule has 0 bridgehead atoms. The van der Waals surface area contributed by atoms with E-state index in [2.05, 4.69) is 9.88 Å². The molecule has 0 atom stereocenters. The third-order valence-electron chi connectivity index (χ3n) is 2.68. The molecule has 1 aromatic rings. The highest BCUT2D eigenvalue weighted by atomic mass is 16.4. The Hall–Kier alpha value is -1.58. The number of nitrogens with zero attached hydrogens (tertiary/aromatic N) is 2. The summed E-state index contributed by atoms with van der Waals surface area (Å²) >= 11 is 0. The van der Waals surface area contributed by atoms with Crippen LogP contribution >= 0.6 is 0 Å². The summed E-state index contributed by atoms with van der Waals surface area (Å²) in [6, 6.07) is 0. The molecule has 0 aromatic carbocycles. The second-order valence-corrected chi connectivity index (χ2v) is 3.53. The van der Waals surface area contributed by atoms with E-state index >= 15 is 0 Å². The van der Waals surface area contributed by atoms with Crippen LogP contribution in [0.25, 0.3) is 0 Å². The summed E-state index contributed by atoms with van der Waals surface area (Å²) < 4.78 is 0. The largest absolute Gasteiger partial charge is 0.478 e. The van der Waals surface area contributed by atoms with Gasteiger partial charge in [0.2, 0.25) is 0 Å². The van der Waals surface area contributed by atoms with Gasteiger partial charge in [0.1, 0.15) is 5.56 Å². The number of aromatic nitrogens is 1. The molecule has 0 aliphatic rings. The number of anilines is 1. The molecule has 0 amide bonds. The first-order valence-electron chi connectivity index (χ1n) is 5.60. The van der Waals surface area contributed by atoms with Crippen LogP contribution in [-0.2, 0) is 6.42 Å². The lowest BCUT2D eigenvalue weighted by molar-refractivity contribution is 0.0697. The zero-order valence-electron chi connectivity index (χ0n) is 10.0. The van der Waals surface area contributed by atoms with E-state index in [0.29, 0.717) is 5.56 Å². The van der Waals surface area contributed by atoms with E-state index in [4.69, 9.17) is 5.11 Å². The molecule has 1 rings (SSSR count). The van der Waals surface area contributed by atoms with E-state index in [1.807, 2.05) is 20.8 Å². The van der Waals surface area contributed by atoms with Gasteiger partial charge in [-0.25, -0.2) is 4.79 Å². The number of rotatable bonds is 5. The number of carbonyl (C=O) groups is 1. The molecule has 0 spiro atoms. The van der Waals surface area contributed by atoms with Gasteiger partial charge in [-0.3, -0.25) is 4.98 Å². The number of aromatic carboxylic acids is 1. The molecule has 0 saturated carbocycles. The van der Waals surface area contributed by atoms with Gasteiger partial charge in [0.15, 0.2) is 0 Å². The molecule has 16 heavy (non-hydrogen) atoms. The summed E-state index contributed by atoms with van der Waals surface area (Å²) in [4.78, 5) is 17.2. The highest BCUT2D eigenvalue weighted by Gasteiger charge is 2.17. The normalized spacial score (nSPS) is 10.2. The lowest BCUT2D eigenvalue weighted by Crippen LogP contribution is -2.25. The van der Waals surface area contributed by atoms with E-state index in [-0.39, 0.29) is 0 Å². The minimum atomic E-state index is -0.912. The van der Waals surface area contributed by atoms with Gasteiger partial charge in [-0.15, -0.1) is 0 Å². The molecule has 0 aliphatic heterocycles. The molecular formula is C12H18N2O2. The topological polar surface area (TPSA) is 53.4 Å². The Kier molecular flexibility index (Phi) is 4.28. The van der Waals surface area contributed by atoms with Crippen molar-refractivity contribution in [1.82, 2.24) is 4.98 Å². The second kappa shape index (κ2) is 5.49. The molecule has 88 valence electrons. The van der Waals surface area contributed by atoms with Crippen LogP contribution in [0.5, 0.6) is 0 Å². The molecule has 0 radical (unpaired) electrons. The van der Waals surface area contributed by atoms with Crippen molar-refractivity contribution in [3.63, 3.8) is 0 Å². The van der Waals surface area contributed by atoms with Gasteiger partial charge in [0.25, 0.3) is 0 Å². The fourth-order valence-corrected chi connectivity index (χ4v) is 1.83. The van der Waals surface area contributed by atoms with E-state index in [1.165, 1.54) is 6.20 Å². The van der Waals surface area contributed by atoms with Crippen molar-refractivity contribution in [3.05, 3.63) is 23.5 Å². The first kappa shape index (κ1) is 12.5. The van der Waals surface area contributed by atoms with Crippen LogP contribution in [0.2, 0.25) is 0 Å². The SMILES string of the molecule is CCc1cncc(C(=O)O)c1N(CC)CC. The smallest absolute Gasteiger partial charge is 0.339 e. The van der Waals surface area contributed by atoms with Crippen LogP contribution in [0.3, 0.4) is 0 Å². The van der Waals surface area contributed by atoms with E-state index in [9.17, 15) is 4.79 Å². The Morgan fingerprint density at radius 3 is 2.38 bits per heavy atom. The van der Waals surface area contributed by atoms with Gasteiger partial charge in [-0.2, -0.15) is 0 Å². The quantitative estimate of drug-likeness (QED) is 0.829. The van der Waals surface area contributed by atoms with Crippen LogP contribution < -0.4 is 4.90 Å². The second-order valence-electron chi connectivity index (χ2n) is 3.53. The van der Waals surface area contributed by atoms with Crippen molar-refractivity contribution in [2.75, 3.05) is 18.0 Å². The number of pyridine rings is 1. The fourth-order valence-electron chi connectivity index (χ4n) is 1.83. The summed E-state index contributed by atoms with van der Waals surface area (Å²) in [5.41, 5.74) is 2.10. The summed E-state index contributed by atoms with van der Waals surface area (Å²) in [6.45, 7) is 7.65. The third kappa shape index (κ3) is 2.32. The molecule has 0 fully saturated rings. The maximum Gasteiger partial charge on any atom is 0.339 e. The zero-order chi connectivity index (χ0) is 12.1. The van der Waals surface area contributed by atoms with E-state index in [0.717, 1.165) is 30.8 Å². The molecule has 0 saturated heterocycles. The lowest BCUT2D eigenvalue weighted by Gasteiger charge is -2.25. The molecular weight excluding hydrogens is 204 g/mol. The van der Waals surface area contributed by atoms with Gasteiger partial charge >= 0.3 is 5.97 Å². The standard InChI is InChI=1S/C12H18N2O2/c1-4-9-7-13-8-10(12(15)16)11(9)14(5-2)6-3/h7-8H,4-6H2,1-3H3,(H,15,16). The average molecular weight is 222 g/mol. The van der Waals surface area contributed by atoms with Gasteiger partial charge in [0, 0.05) is 25.5 Å². The number of carboxylic acids is 1. The van der Waals surface area contributed by atoms with Crippen molar-refractivity contribution >= 4 is 11.7 Å². The molecule has 4 heteroatoms. The third-order valence-corrected chi connectivity index (χ3v) is 2.68. The average Bonchev–Trinajstić information content (AvgIpc) is 2.30. The summed E-state index contributed by atoms with van der Waals surface area (Å²) in [5.74, 6) is -0.912. The molecule has 1 aromatic heterocycles. The Labute approximate surface area is 95.9 Å². The maximum atomic E-state index is 11.2. The van der Waals surface area contributed by atoms with Crippen molar-refractivity contribution < 1.29 is 9.90 Å². The van der Waals surface area contributed by atoms with Crippen LogP contribution in [0.1, 0.15) is 36.7 Å². The van der Waals surface area contributed by atoms with Crippen molar-refractivity contribution in [2.24, 2.45) is 0 Å². The molecule has 0 aliphatic carbocycles. The van der Waals surface area contributed by atoms with Crippen molar-refractivity contribution in [3.8, 4) is 0 Å². The van der Waals surface area contributed by atoms with Crippen molar-refractivity contribution in [2.45, 2.75) is 27.2 Å². The van der Waals surface area contributed by atoms with Crippen LogP contribution in [0.4, 0.5) is 5.69 Å². The Balaban J connectivity index is 3.34. The zero-order valence-corrected chi connectivity index (χ0v) is 10.0. The van der Waals surface area contributed by atoms with Gasteiger partial charge < -0.3 is 10.0 Å². The Morgan fingerprint density at radius 2 is 1.94 bits per heavy atom. The van der Waals surface area contributed by atoms with Crippen LogP contribution in [0, 0.1) is 0 Å². The van der Waals surface area contributed by atoms with Crippen molar-refractivity contribution in [1.29, 1.82) is 0 Å². The lowest BCUT2D eigenvalue weighted by atomic mass is 10.1. The predicted octanol–water partition coefficient (Wildman–Crippen LogP) is 2.19. The monoisotopic (exact) mass is 222 g/mol. The first-order chi connectivity index (χ1) is 7.65. The first-order valence-corrected chi connectivity index (χ1v) is 5.60. The number of hydrogen-bond acceptors (Lipinski definition) is 3. The van der Waals surface area contributed by atoms with Gasteiger partial charge in [0.05, 0.1) is 5.69 Å². The maximum absolute atomic E-state index is 11.2. The molecule has 0 unspecified atom stereocenters. The summed E-state index contributed by atoms with van der Waals surface area (Å²) in [7, 11) is 0. The van der Waals surface area contributed by atoms with Gasteiger partial charge in [-0.1, -0.05) is 6.92 Å². The molecule has 4 nitrogen and oxygen atoms in total. The molecule has 1 heterocycles. The predicted molar refractivity (Wildman–Crippen MR) is 64.1 cm³/mol. The fraction of sp³-hybridized carbons (Fsp3) is 0.500. The number of carboxylic acid groups (broad SMARTS) is 1. The van der Waals surface area contributed by atoms with Crippen LogP contribution in [0.15, 0.2) is 12.4 Å². The minimum absolute atomic E-state index is 0.294. The Bertz CT molecular complexity index is 373. The highest BCUT2D eigenvalue weighted by Crippen LogP contribution is 2.25. The van der Waals surface area contributed by atoms with E-state index in [1.54, 1.807) is 6.20 Å². The minimum Gasteiger partial charge on any atom is -0.478 e. The Morgan fingerprint density at radius 1 is 1.31 bits per heavy atom. The summed E-state index contributed by atoms with van der Waals surface area (Å²) in [6.07, 6.45) is 3.97. The van der Waals surface area contributed by atoms with E-state index < -0.39 is 5.97 Å². The molecule has 1 N–H and O–H groups in total. The van der Waals surface area contributed by atoms with Crippen LogP contribution in [-0.4, -0.2) is 29.1 Å². The number of hydrogen-bond donors (Lipinski definition) is 1.